The predicted molar refractivity (Wildman–Crippen MR) is 93.2 cm³/mol. The maximum atomic E-state index is 12.1. The number of fused-ring (bicyclic) bond motifs is 1. The molecule has 0 spiro atoms. The van der Waals surface area contributed by atoms with E-state index in [1.54, 1.807) is 12.1 Å². The number of hydrogen-bond acceptors (Lipinski definition) is 4. The number of rotatable bonds is 5. The van der Waals surface area contributed by atoms with Gasteiger partial charge in [0.05, 0.1) is 18.8 Å². The monoisotopic (exact) mass is 342 g/mol. The minimum absolute atomic E-state index is 0.0615. The van der Waals surface area contributed by atoms with E-state index in [2.05, 4.69) is 15.6 Å². The maximum Gasteiger partial charge on any atom is 0.251 e. The number of benzene rings is 1. The van der Waals surface area contributed by atoms with Gasteiger partial charge < -0.3 is 10.6 Å². The molecule has 2 N–H and O–H groups in total. The summed E-state index contributed by atoms with van der Waals surface area (Å²) in [6.45, 7) is 4.15. The molecule has 0 aliphatic rings. The van der Waals surface area contributed by atoms with Crippen molar-refractivity contribution in [3.05, 3.63) is 58.4 Å². The smallest absolute Gasteiger partial charge is 0.251 e. The van der Waals surface area contributed by atoms with Gasteiger partial charge in [0.1, 0.15) is 0 Å². The van der Waals surface area contributed by atoms with E-state index >= 15 is 0 Å². The lowest BCUT2D eigenvalue weighted by Gasteiger charge is -2.07. The zero-order chi connectivity index (χ0) is 17.1. The van der Waals surface area contributed by atoms with E-state index in [9.17, 15) is 9.59 Å². The van der Waals surface area contributed by atoms with Gasteiger partial charge in [0, 0.05) is 23.3 Å². The Morgan fingerprint density at radius 3 is 2.62 bits per heavy atom. The quantitative estimate of drug-likeness (QED) is 0.745. The van der Waals surface area contributed by atoms with E-state index in [-0.39, 0.29) is 18.4 Å². The summed E-state index contributed by atoms with van der Waals surface area (Å²) in [4.78, 5) is 29.3. The Morgan fingerprint density at radius 1 is 1.17 bits per heavy atom. The van der Waals surface area contributed by atoms with Gasteiger partial charge in [0.15, 0.2) is 4.96 Å². The zero-order valence-electron chi connectivity index (χ0n) is 13.5. The predicted octanol–water partition coefficient (Wildman–Crippen LogP) is 2.06. The molecule has 0 saturated carbocycles. The van der Waals surface area contributed by atoms with Gasteiger partial charge in [-0.2, -0.15) is 0 Å². The third kappa shape index (κ3) is 3.80. The first-order valence-corrected chi connectivity index (χ1v) is 8.43. The molecule has 6 nitrogen and oxygen atoms in total. The molecule has 24 heavy (non-hydrogen) atoms. The van der Waals surface area contributed by atoms with Crippen LogP contribution in [0.1, 0.15) is 27.2 Å². The number of amides is 2. The van der Waals surface area contributed by atoms with E-state index in [0.29, 0.717) is 12.1 Å². The molecule has 1 aromatic carbocycles. The number of thiazole rings is 1. The Morgan fingerprint density at radius 2 is 1.92 bits per heavy atom. The van der Waals surface area contributed by atoms with Crippen LogP contribution in [0.2, 0.25) is 0 Å². The fourth-order valence-corrected chi connectivity index (χ4v) is 3.20. The van der Waals surface area contributed by atoms with Gasteiger partial charge in [-0.25, -0.2) is 4.98 Å². The summed E-state index contributed by atoms with van der Waals surface area (Å²) in [5, 5.41) is 7.34. The van der Waals surface area contributed by atoms with Gasteiger partial charge in [-0.15, -0.1) is 11.3 Å². The van der Waals surface area contributed by atoms with Gasteiger partial charge >= 0.3 is 0 Å². The molecule has 2 amide bonds. The lowest BCUT2D eigenvalue weighted by Crippen LogP contribution is -2.36. The minimum Gasteiger partial charge on any atom is -0.349 e. The van der Waals surface area contributed by atoms with Crippen LogP contribution in [-0.2, 0) is 11.3 Å². The fraction of sp³-hybridized carbons (Fsp3) is 0.235. The second kappa shape index (κ2) is 6.84. The summed E-state index contributed by atoms with van der Waals surface area (Å²) in [5.74, 6) is -0.497. The highest BCUT2D eigenvalue weighted by atomic mass is 32.1. The van der Waals surface area contributed by atoms with Crippen molar-refractivity contribution in [2.45, 2.75) is 20.4 Å². The van der Waals surface area contributed by atoms with Crippen LogP contribution in [0.5, 0.6) is 0 Å². The van der Waals surface area contributed by atoms with Crippen LogP contribution in [0.15, 0.2) is 36.0 Å². The molecule has 3 aromatic rings. The summed E-state index contributed by atoms with van der Waals surface area (Å²) in [6, 6.07) is 5.61. The molecular weight excluding hydrogens is 324 g/mol. The van der Waals surface area contributed by atoms with Gasteiger partial charge in [-0.1, -0.05) is 17.2 Å². The van der Waals surface area contributed by atoms with Crippen LogP contribution in [0.25, 0.3) is 4.96 Å². The van der Waals surface area contributed by atoms with E-state index in [0.717, 1.165) is 21.8 Å². The molecule has 7 heteroatoms. The third-order valence-electron chi connectivity index (χ3n) is 3.50. The first kappa shape index (κ1) is 16.2. The summed E-state index contributed by atoms with van der Waals surface area (Å²) >= 11 is 1.54. The largest absolute Gasteiger partial charge is 0.349 e. The topological polar surface area (TPSA) is 75.5 Å². The van der Waals surface area contributed by atoms with Crippen LogP contribution in [-0.4, -0.2) is 27.7 Å². The van der Waals surface area contributed by atoms with Crippen LogP contribution in [0, 0.1) is 13.8 Å². The van der Waals surface area contributed by atoms with Crippen molar-refractivity contribution >= 4 is 28.1 Å². The number of nitrogens with zero attached hydrogens (tertiary/aromatic N) is 2. The molecule has 0 unspecified atom stereocenters. The van der Waals surface area contributed by atoms with Crippen molar-refractivity contribution in [3.63, 3.8) is 0 Å². The summed E-state index contributed by atoms with van der Waals surface area (Å²) in [7, 11) is 0. The van der Waals surface area contributed by atoms with Gasteiger partial charge in [0.2, 0.25) is 5.91 Å². The highest BCUT2D eigenvalue weighted by Gasteiger charge is 2.10. The van der Waals surface area contributed by atoms with Crippen LogP contribution in [0.4, 0.5) is 0 Å². The van der Waals surface area contributed by atoms with E-state index in [1.807, 2.05) is 42.1 Å². The van der Waals surface area contributed by atoms with Gasteiger partial charge in [0.25, 0.3) is 5.91 Å². The van der Waals surface area contributed by atoms with Gasteiger partial charge in [-0.3, -0.25) is 14.0 Å². The van der Waals surface area contributed by atoms with Crippen molar-refractivity contribution in [2.24, 2.45) is 0 Å². The summed E-state index contributed by atoms with van der Waals surface area (Å²) < 4.78 is 1.91. The van der Waals surface area contributed by atoms with Crippen LogP contribution >= 0.6 is 11.3 Å². The lowest BCUT2D eigenvalue weighted by atomic mass is 10.1. The Bertz CT molecular complexity index is 848. The maximum absolute atomic E-state index is 12.1. The highest BCUT2D eigenvalue weighted by Crippen LogP contribution is 2.11. The molecule has 0 bridgehead atoms. The van der Waals surface area contributed by atoms with Gasteiger partial charge in [-0.05, 0) is 26.0 Å². The molecule has 124 valence electrons. The number of imidazole rings is 1. The summed E-state index contributed by atoms with van der Waals surface area (Å²) in [6.07, 6.45) is 3.79. The standard InChI is InChI=1S/C17H18N4O2S/c1-11-5-12(2)7-13(6-11)16(23)19-9-15(22)18-8-14-10-21-3-4-24-17(21)20-14/h3-7,10H,8-9H2,1-2H3,(H,18,22)(H,19,23). The molecule has 0 fully saturated rings. The van der Waals surface area contributed by atoms with Crippen molar-refractivity contribution < 1.29 is 9.59 Å². The second-order valence-corrected chi connectivity index (χ2v) is 6.53. The average molecular weight is 342 g/mol. The number of aryl methyl sites for hydroxylation is 2. The summed E-state index contributed by atoms with van der Waals surface area (Å²) in [5.41, 5.74) is 3.39. The zero-order valence-corrected chi connectivity index (χ0v) is 14.3. The van der Waals surface area contributed by atoms with Crippen molar-refractivity contribution in [3.8, 4) is 0 Å². The van der Waals surface area contributed by atoms with Crippen LogP contribution < -0.4 is 10.6 Å². The fourth-order valence-electron chi connectivity index (χ4n) is 2.48. The molecule has 0 atom stereocenters. The third-order valence-corrected chi connectivity index (χ3v) is 4.27. The molecule has 0 radical (unpaired) electrons. The van der Waals surface area contributed by atoms with E-state index < -0.39 is 0 Å². The van der Waals surface area contributed by atoms with Crippen molar-refractivity contribution in [2.75, 3.05) is 6.54 Å². The molecule has 0 aliphatic heterocycles. The van der Waals surface area contributed by atoms with Crippen LogP contribution in [0.3, 0.4) is 0 Å². The number of nitrogens with one attached hydrogen (secondary N) is 2. The Kier molecular flexibility index (Phi) is 4.61. The van der Waals surface area contributed by atoms with E-state index in [4.69, 9.17) is 0 Å². The first-order chi connectivity index (χ1) is 11.5. The first-order valence-electron chi connectivity index (χ1n) is 7.55. The average Bonchev–Trinajstić information content (AvgIpc) is 3.10. The number of carbonyl (C=O) groups is 2. The van der Waals surface area contributed by atoms with E-state index in [1.165, 1.54) is 11.3 Å². The molecule has 2 aromatic heterocycles. The lowest BCUT2D eigenvalue weighted by molar-refractivity contribution is -0.120. The molecule has 0 aliphatic carbocycles. The molecule has 3 rings (SSSR count). The SMILES string of the molecule is Cc1cc(C)cc(C(=O)NCC(=O)NCc2cn3ccsc3n2)c1. The molecular formula is C17H18N4O2S. The normalized spacial score (nSPS) is 10.8. The number of aromatic nitrogens is 2. The molecule has 0 saturated heterocycles. The Labute approximate surface area is 143 Å². The van der Waals surface area contributed by atoms with Crippen molar-refractivity contribution in [1.82, 2.24) is 20.0 Å². The number of carbonyl (C=O) groups excluding carboxylic acids is 2. The Balaban J connectivity index is 1.49. The molecule has 2 heterocycles. The highest BCUT2D eigenvalue weighted by molar-refractivity contribution is 7.15. The number of hydrogen-bond donors (Lipinski definition) is 2. The minimum atomic E-state index is -0.251. The van der Waals surface area contributed by atoms with Crippen molar-refractivity contribution in [1.29, 1.82) is 0 Å². The second-order valence-electron chi connectivity index (χ2n) is 5.66. The Hall–Kier alpha value is -2.67.